The second kappa shape index (κ2) is 5.09. The molecule has 0 bridgehead atoms. The normalized spacial score (nSPS) is 22.5. The number of para-hydroxylation sites is 1. The summed E-state index contributed by atoms with van der Waals surface area (Å²) in [7, 11) is 0. The predicted molar refractivity (Wildman–Crippen MR) is 72.4 cm³/mol. The van der Waals surface area contributed by atoms with E-state index < -0.39 is 0 Å². The first-order valence-corrected chi connectivity index (χ1v) is 6.94. The first kappa shape index (κ1) is 11.1. The van der Waals surface area contributed by atoms with Crippen molar-refractivity contribution in [3.63, 3.8) is 0 Å². The summed E-state index contributed by atoms with van der Waals surface area (Å²) in [5.74, 6) is 0.940. The minimum absolute atomic E-state index is 0.940. The number of benzene rings is 1. The zero-order valence-electron chi connectivity index (χ0n) is 10.5. The van der Waals surface area contributed by atoms with Crippen molar-refractivity contribution in [1.82, 2.24) is 4.90 Å². The van der Waals surface area contributed by atoms with Crippen LogP contribution in [-0.4, -0.2) is 37.6 Å². The summed E-state index contributed by atoms with van der Waals surface area (Å²) >= 11 is 0. The van der Waals surface area contributed by atoms with Gasteiger partial charge in [0, 0.05) is 25.3 Å². The lowest BCUT2D eigenvalue weighted by Gasteiger charge is -2.38. The Labute approximate surface area is 104 Å². The van der Waals surface area contributed by atoms with E-state index in [1.807, 2.05) is 0 Å². The molecule has 1 aromatic rings. The molecule has 0 saturated carbocycles. The minimum atomic E-state index is 0.940. The quantitative estimate of drug-likeness (QED) is 0.787. The highest BCUT2D eigenvalue weighted by atomic mass is 15.2. The number of nitrogens with zero attached hydrogens (tertiary/aromatic N) is 2. The largest absolute Gasteiger partial charge is 0.372 e. The average molecular weight is 230 g/mol. The highest BCUT2D eigenvalue weighted by molar-refractivity contribution is 5.46. The van der Waals surface area contributed by atoms with Crippen LogP contribution in [0.5, 0.6) is 0 Å². The zero-order valence-corrected chi connectivity index (χ0v) is 10.5. The van der Waals surface area contributed by atoms with Crippen LogP contribution in [0.15, 0.2) is 30.3 Å². The third-order valence-corrected chi connectivity index (χ3v) is 4.20. The van der Waals surface area contributed by atoms with Crippen molar-refractivity contribution in [3.8, 4) is 0 Å². The lowest BCUT2D eigenvalue weighted by molar-refractivity contribution is 0.142. The second-order valence-electron chi connectivity index (χ2n) is 5.42. The third-order valence-electron chi connectivity index (χ3n) is 4.20. The summed E-state index contributed by atoms with van der Waals surface area (Å²) in [5, 5.41) is 0. The number of hydrogen-bond donors (Lipinski definition) is 0. The van der Waals surface area contributed by atoms with E-state index in [1.54, 1.807) is 0 Å². The van der Waals surface area contributed by atoms with E-state index in [9.17, 15) is 0 Å². The Morgan fingerprint density at radius 2 is 1.65 bits per heavy atom. The second-order valence-corrected chi connectivity index (χ2v) is 5.42. The molecule has 2 saturated heterocycles. The highest BCUT2D eigenvalue weighted by Gasteiger charge is 2.23. The molecule has 3 rings (SSSR count). The van der Waals surface area contributed by atoms with Gasteiger partial charge in [0.1, 0.15) is 0 Å². The molecule has 0 aliphatic carbocycles. The number of piperidine rings is 1. The molecule has 1 aromatic carbocycles. The number of rotatable bonds is 3. The summed E-state index contributed by atoms with van der Waals surface area (Å²) in [6.07, 6.45) is 4.15. The van der Waals surface area contributed by atoms with Gasteiger partial charge in [-0.25, -0.2) is 0 Å². The van der Waals surface area contributed by atoms with Crippen molar-refractivity contribution in [2.75, 3.05) is 37.6 Å². The summed E-state index contributed by atoms with van der Waals surface area (Å²) < 4.78 is 0. The van der Waals surface area contributed by atoms with Gasteiger partial charge in [-0.1, -0.05) is 18.2 Å². The molecule has 0 aromatic heterocycles. The Balaban J connectivity index is 1.50. The molecule has 2 aliphatic heterocycles. The van der Waals surface area contributed by atoms with E-state index in [0.717, 1.165) is 5.92 Å². The van der Waals surface area contributed by atoms with E-state index in [4.69, 9.17) is 0 Å². The van der Waals surface area contributed by atoms with Crippen molar-refractivity contribution in [3.05, 3.63) is 30.3 Å². The van der Waals surface area contributed by atoms with Gasteiger partial charge in [0.15, 0.2) is 0 Å². The molecule has 2 heteroatoms. The number of likely N-dealkylation sites (tertiary alicyclic amines) is 1. The standard InChI is InChI=1S/C15H22N2/c1-2-5-15(6-3-1)17-11-7-14(8-12-17)13-16-9-4-10-16/h1-3,5-6,14H,4,7-13H2. The fourth-order valence-electron chi connectivity index (χ4n) is 2.94. The van der Waals surface area contributed by atoms with Crippen molar-refractivity contribution in [1.29, 1.82) is 0 Å². The zero-order chi connectivity index (χ0) is 11.5. The summed E-state index contributed by atoms with van der Waals surface area (Å²) in [4.78, 5) is 5.15. The molecule has 0 atom stereocenters. The van der Waals surface area contributed by atoms with Crippen LogP contribution in [0.25, 0.3) is 0 Å². The number of hydrogen-bond acceptors (Lipinski definition) is 2. The molecule has 0 N–H and O–H groups in total. The van der Waals surface area contributed by atoms with Gasteiger partial charge in [-0.15, -0.1) is 0 Å². The molecule has 0 amide bonds. The lowest BCUT2D eigenvalue weighted by Crippen LogP contribution is -2.43. The lowest BCUT2D eigenvalue weighted by atomic mass is 9.94. The van der Waals surface area contributed by atoms with Crippen LogP contribution in [-0.2, 0) is 0 Å². The minimum Gasteiger partial charge on any atom is -0.372 e. The maximum atomic E-state index is 2.61. The van der Waals surface area contributed by atoms with Gasteiger partial charge < -0.3 is 9.80 Å². The predicted octanol–water partition coefficient (Wildman–Crippen LogP) is 2.61. The van der Waals surface area contributed by atoms with Gasteiger partial charge in [-0.05, 0) is 50.4 Å². The van der Waals surface area contributed by atoms with Crippen LogP contribution in [0.2, 0.25) is 0 Å². The molecule has 92 valence electrons. The van der Waals surface area contributed by atoms with E-state index in [2.05, 4.69) is 40.1 Å². The van der Waals surface area contributed by atoms with Gasteiger partial charge >= 0.3 is 0 Å². The molecule has 0 unspecified atom stereocenters. The Kier molecular flexibility index (Phi) is 3.32. The molecule has 0 spiro atoms. The van der Waals surface area contributed by atoms with Crippen LogP contribution in [0.3, 0.4) is 0 Å². The number of anilines is 1. The van der Waals surface area contributed by atoms with Gasteiger partial charge in [0.25, 0.3) is 0 Å². The van der Waals surface area contributed by atoms with Crippen LogP contribution >= 0.6 is 0 Å². The Morgan fingerprint density at radius 3 is 2.24 bits per heavy atom. The third kappa shape index (κ3) is 2.63. The van der Waals surface area contributed by atoms with Crippen LogP contribution in [0.1, 0.15) is 19.3 Å². The summed E-state index contributed by atoms with van der Waals surface area (Å²) in [6.45, 7) is 6.52. The van der Waals surface area contributed by atoms with Gasteiger partial charge in [-0.2, -0.15) is 0 Å². The van der Waals surface area contributed by atoms with Crippen molar-refractivity contribution < 1.29 is 0 Å². The molecule has 2 fully saturated rings. The molecule has 2 aliphatic rings. The topological polar surface area (TPSA) is 6.48 Å². The average Bonchev–Trinajstić information content (AvgIpc) is 2.36. The maximum Gasteiger partial charge on any atom is 0.0366 e. The fourth-order valence-corrected chi connectivity index (χ4v) is 2.94. The Bertz CT molecular complexity index is 337. The van der Waals surface area contributed by atoms with Crippen molar-refractivity contribution in [2.24, 2.45) is 5.92 Å². The van der Waals surface area contributed by atoms with E-state index in [0.29, 0.717) is 0 Å². The van der Waals surface area contributed by atoms with E-state index in [1.165, 1.54) is 57.7 Å². The van der Waals surface area contributed by atoms with Crippen LogP contribution in [0, 0.1) is 5.92 Å². The van der Waals surface area contributed by atoms with E-state index in [-0.39, 0.29) is 0 Å². The first-order valence-electron chi connectivity index (χ1n) is 6.94. The summed E-state index contributed by atoms with van der Waals surface area (Å²) in [5.41, 5.74) is 1.40. The highest BCUT2D eigenvalue weighted by Crippen LogP contribution is 2.24. The SMILES string of the molecule is c1ccc(N2CCC(CN3CCC3)CC2)cc1. The molecule has 2 heterocycles. The van der Waals surface area contributed by atoms with Crippen molar-refractivity contribution >= 4 is 5.69 Å². The van der Waals surface area contributed by atoms with Crippen LogP contribution in [0.4, 0.5) is 5.69 Å². The molecule has 2 nitrogen and oxygen atoms in total. The van der Waals surface area contributed by atoms with E-state index >= 15 is 0 Å². The monoisotopic (exact) mass is 230 g/mol. The smallest absolute Gasteiger partial charge is 0.0366 e. The Morgan fingerprint density at radius 1 is 0.941 bits per heavy atom. The van der Waals surface area contributed by atoms with Gasteiger partial charge in [0.05, 0.1) is 0 Å². The molecule has 17 heavy (non-hydrogen) atoms. The maximum absolute atomic E-state index is 2.61. The van der Waals surface area contributed by atoms with Crippen LogP contribution < -0.4 is 4.90 Å². The fraction of sp³-hybridized carbons (Fsp3) is 0.600. The van der Waals surface area contributed by atoms with Crippen molar-refractivity contribution in [2.45, 2.75) is 19.3 Å². The molecular formula is C15H22N2. The van der Waals surface area contributed by atoms with Gasteiger partial charge in [0.2, 0.25) is 0 Å². The first-order chi connectivity index (χ1) is 8.42. The molecular weight excluding hydrogens is 208 g/mol. The Hall–Kier alpha value is -1.02. The van der Waals surface area contributed by atoms with Gasteiger partial charge in [-0.3, -0.25) is 0 Å². The summed E-state index contributed by atoms with van der Waals surface area (Å²) in [6, 6.07) is 10.8. The molecule has 0 radical (unpaired) electrons.